The van der Waals surface area contributed by atoms with E-state index in [1.165, 1.54) is 4.73 Å². The van der Waals surface area contributed by atoms with Gasteiger partial charge in [0.1, 0.15) is 25.2 Å². The van der Waals surface area contributed by atoms with Gasteiger partial charge in [-0.1, -0.05) is 0 Å². The normalized spacial score (nSPS) is 11.0. The molecule has 8 heteroatoms. The van der Waals surface area contributed by atoms with E-state index in [-0.39, 0.29) is 5.95 Å². The minimum Gasteiger partial charge on any atom is -0.411 e. The summed E-state index contributed by atoms with van der Waals surface area (Å²) in [6.07, 6.45) is 3.84. The number of fused-ring (bicyclic) bond motifs is 1. The Hall–Kier alpha value is -1.93. The van der Waals surface area contributed by atoms with Gasteiger partial charge in [-0.05, 0) is 6.92 Å². The van der Waals surface area contributed by atoms with Crippen molar-refractivity contribution < 1.29 is 14.3 Å². The molecule has 0 radical (unpaired) electrons. The molecule has 2 aromatic rings. The lowest BCUT2D eigenvalue weighted by Crippen LogP contribution is -2.14. The predicted molar refractivity (Wildman–Crippen MR) is 68.2 cm³/mol. The van der Waals surface area contributed by atoms with Crippen molar-refractivity contribution in [2.24, 2.45) is 0 Å². The predicted octanol–water partition coefficient (Wildman–Crippen LogP) is 0.238. The molecule has 0 aliphatic carbocycles. The summed E-state index contributed by atoms with van der Waals surface area (Å²) in [6, 6.07) is 0. The van der Waals surface area contributed by atoms with Crippen LogP contribution in [0.1, 0.15) is 13.3 Å². The topological polar surface area (TPSA) is 97.3 Å². The maximum absolute atomic E-state index is 5.52. The van der Waals surface area contributed by atoms with Crippen molar-refractivity contribution in [2.75, 3.05) is 32.3 Å². The zero-order chi connectivity index (χ0) is 13.5. The number of ether oxygens (including phenoxy) is 2. The fourth-order valence-electron chi connectivity index (χ4n) is 1.42. The van der Waals surface area contributed by atoms with E-state index in [9.17, 15) is 0 Å². The molecular weight excluding hydrogens is 250 g/mol. The highest BCUT2D eigenvalue weighted by atomic mass is 16.7. The van der Waals surface area contributed by atoms with Crippen molar-refractivity contribution in [1.82, 2.24) is 19.7 Å². The maximum atomic E-state index is 5.52. The highest BCUT2D eigenvalue weighted by Gasteiger charge is 2.05. The molecule has 0 bridgehead atoms. The summed E-state index contributed by atoms with van der Waals surface area (Å²) in [5, 5.41) is 0. The van der Waals surface area contributed by atoms with Crippen LogP contribution in [0.2, 0.25) is 0 Å². The van der Waals surface area contributed by atoms with Crippen molar-refractivity contribution in [3.63, 3.8) is 0 Å². The largest absolute Gasteiger partial charge is 0.411 e. The average molecular weight is 267 g/mol. The summed E-state index contributed by atoms with van der Waals surface area (Å²) in [6.45, 7) is 3.95. The van der Waals surface area contributed by atoms with Crippen LogP contribution in [0.5, 0.6) is 0 Å². The SMILES string of the molecule is CCOCOCCCOn1cnc2cnc(N)nc21. The van der Waals surface area contributed by atoms with Gasteiger partial charge >= 0.3 is 0 Å². The van der Waals surface area contributed by atoms with Gasteiger partial charge in [0.05, 0.1) is 12.8 Å². The van der Waals surface area contributed by atoms with Gasteiger partial charge in [-0.3, -0.25) is 0 Å². The zero-order valence-corrected chi connectivity index (χ0v) is 10.8. The Morgan fingerprint density at radius 1 is 1.26 bits per heavy atom. The number of rotatable bonds is 8. The molecule has 0 aromatic carbocycles. The third-order valence-electron chi connectivity index (χ3n) is 2.31. The third kappa shape index (κ3) is 3.76. The first-order valence-corrected chi connectivity index (χ1v) is 6.05. The number of aromatic nitrogens is 4. The number of imidazole rings is 1. The van der Waals surface area contributed by atoms with E-state index < -0.39 is 0 Å². The molecular formula is C11H17N5O3. The van der Waals surface area contributed by atoms with Crippen LogP contribution in [0.15, 0.2) is 12.5 Å². The Balaban J connectivity index is 1.77. The van der Waals surface area contributed by atoms with Gasteiger partial charge in [0, 0.05) is 13.0 Å². The lowest BCUT2D eigenvalue weighted by atomic mass is 10.5. The lowest BCUT2D eigenvalue weighted by Gasteiger charge is -2.07. The van der Waals surface area contributed by atoms with Crippen LogP contribution in [-0.4, -0.2) is 46.3 Å². The molecule has 2 heterocycles. The standard InChI is InChI=1S/C11H17N5O3/c1-2-17-8-18-4-3-5-19-16-7-14-9-6-13-11(12)15-10(9)16/h6-7H,2-5,8H2,1H3,(H2,12,13,15). The molecule has 0 spiro atoms. The van der Waals surface area contributed by atoms with Crippen molar-refractivity contribution in [3.8, 4) is 0 Å². The average Bonchev–Trinajstić information content (AvgIpc) is 2.80. The highest BCUT2D eigenvalue weighted by molar-refractivity contribution is 5.70. The van der Waals surface area contributed by atoms with Gasteiger partial charge < -0.3 is 20.0 Å². The molecule has 0 aliphatic heterocycles. The molecule has 2 aromatic heterocycles. The summed E-state index contributed by atoms with van der Waals surface area (Å²) in [5.41, 5.74) is 6.72. The summed E-state index contributed by atoms with van der Waals surface area (Å²) in [5.74, 6) is 0.192. The Morgan fingerprint density at radius 3 is 3.00 bits per heavy atom. The van der Waals surface area contributed by atoms with Crippen molar-refractivity contribution in [2.45, 2.75) is 13.3 Å². The monoisotopic (exact) mass is 267 g/mol. The van der Waals surface area contributed by atoms with E-state index in [4.69, 9.17) is 20.0 Å². The van der Waals surface area contributed by atoms with E-state index in [1.54, 1.807) is 12.5 Å². The smallest absolute Gasteiger partial charge is 0.222 e. The fraction of sp³-hybridized carbons (Fsp3) is 0.545. The van der Waals surface area contributed by atoms with Crippen molar-refractivity contribution in [1.29, 1.82) is 0 Å². The first-order chi connectivity index (χ1) is 9.31. The Kier molecular flexibility index (Phi) is 4.87. The van der Waals surface area contributed by atoms with Gasteiger partial charge in [0.15, 0.2) is 0 Å². The molecule has 2 rings (SSSR count). The van der Waals surface area contributed by atoms with E-state index in [1.807, 2.05) is 6.92 Å². The third-order valence-corrected chi connectivity index (χ3v) is 2.31. The molecule has 0 atom stereocenters. The van der Waals surface area contributed by atoms with Crippen LogP contribution in [-0.2, 0) is 9.47 Å². The van der Waals surface area contributed by atoms with E-state index >= 15 is 0 Å². The number of anilines is 1. The van der Waals surface area contributed by atoms with Crippen molar-refractivity contribution >= 4 is 17.1 Å². The second-order valence-electron chi connectivity index (χ2n) is 3.71. The maximum Gasteiger partial charge on any atom is 0.222 e. The van der Waals surface area contributed by atoms with Gasteiger partial charge in [-0.15, -0.1) is 0 Å². The zero-order valence-electron chi connectivity index (χ0n) is 10.8. The summed E-state index contributed by atoms with van der Waals surface area (Å²) >= 11 is 0. The summed E-state index contributed by atoms with van der Waals surface area (Å²) in [4.78, 5) is 17.5. The van der Waals surface area contributed by atoms with E-state index in [0.717, 1.165) is 6.42 Å². The van der Waals surface area contributed by atoms with Crippen LogP contribution in [0.4, 0.5) is 5.95 Å². The Morgan fingerprint density at radius 2 is 2.16 bits per heavy atom. The van der Waals surface area contributed by atoms with Gasteiger partial charge in [-0.2, -0.15) is 9.71 Å². The minimum atomic E-state index is 0.192. The van der Waals surface area contributed by atoms with E-state index in [0.29, 0.717) is 37.8 Å². The van der Waals surface area contributed by atoms with Crippen LogP contribution in [0.3, 0.4) is 0 Å². The van der Waals surface area contributed by atoms with Gasteiger partial charge in [0.25, 0.3) is 0 Å². The molecule has 0 aliphatic rings. The first-order valence-electron chi connectivity index (χ1n) is 6.05. The van der Waals surface area contributed by atoms with Crippen LogP contribution in [0, 0.1) is 0 Å². The molecule has 0 saturated heterocycles. The minimum absolute atomic E-state index is 0.192. The lowest BCUT2D eigenvalue weighted by molar-refractivity contribution is -0.0543. The molecule has 2 N–H and O–H groups in total. The fourth-order valence-corrected chi connectivity index (χ4v) is 1.42. The highest BCUT2D eigenvalue weighted by Crippen LogP contribution is 2.08. The molecule has 104 valence electrons. The van der Waals surface area contributed by atoms with Crippen LogP contribution >= 0.6 is 0 Å². The summed E-state index contributed by atoms with van der Waals surface area (Å²) < 4.78 is 11.8. The van der Waals surface area contributed by atoms with E-state index in [2.05, 4.69) is 15.0 Å². The van der Waals surface area contributed by atoms with Crippen molar-refractivity contribution in [3.05, 3.63) is 12.5 Å². The molecule has 0 amide bonds. The Bertz CT molecular complexity index is 516. The first kappa shape index (κ1) is 13.5. The quantitative estimate of drug-likeness (QED) is 0.540. The Labute approximate surface area is 110 Å². The number of nitrogens with two attached hydrogens (primary N) is 1. The number of nitrogens with zero attached hydrogens (tertiary/aromatic N) is 4. The molecule has 0 unspecified atom stereocenters. The summed E-state index contributed by atoms with van der Waals surface area (Å²) in [7, 11) is 0. The molecule has 0 fully saturated rings. The molecule has 0 saturated carbocycles. The van der Waals surface area contributed by atoms with Gasteiger partial charge in [-0.25, -0.2) is 9.97 Å². The number of hydrogen-bond donors (Lipinski definition) is 1. The second-order valence-corrected chi connectivity index (χ2v) is 3.71. The van der Waals surface area contributed by atoms with Crippen LogP contribution < -0.4 is 10.6 Å². The molecule has 19 heavy (non-hydrogen) atoms. The second kappa shape index (κ2) is 6.86. The molecule has 8 nitrogen and oxygen atoms in total. The number of nitrogen functional groups attached to an aromatic ring is 1. The van der Waals surface area contributed by atoms with Gasteiger partial charge in [0.2, 0.25) is 11.6 Å². The number of hydrogen-bond acceptors (Lipinski definition) is 7. The van der Waals surface area contributed by atoms with Crippen LogP contribution in [0.25, 0.3) is 11.2 Å².